The first kappa shape index (κ1) is 26.7. The molecule has 4 rings (SSSR count). The SMILES string of the molecule is COc1cc(S(=O)(=O)N2CCN(c3cc(C(F)(F)F)cc(Cl)n3)CC2)ccc1-c1ccccc1C(N)=O. The van der Waals surface area contributed by atoms with Crippen LogP contribution in [0, 0.1) is 0 Å². The zero-order valence-electron chi connectivity index (χ0n) is 19.5. The van der Waals surface area contributed by atoms with Crippen molar-refractivity contribution in [1.29, 1.82) is 0 Å². The van der Waals surface area contributed by atoms with E-state index in [1.54, 1.807) is 29.2 Å². The minimum atomic E-state index is -4.59. The summed E-state index contributed by atoms with van der Waals surface area (Å²) in [5.41, 5.74) is 5.80. The Hall–Kier alpha value is -3.35. The number of aromatic nitrogens is 1. The summed E-state index contributed by atoms with van der Waals surface area (Å²) in [5.74, 6) is -0.379. The predicted octanol–water partition coefficient (Wildman–Crippen LogP) is 4.04. The molecule has 1 aliphatic heterocycles. The van der Waals surface area contributed by atoms with Gasteiger partial charge < -0.3 is 15.4 Å². The van der Waals surface area contributed by atoms with Gasteiger partial charge in [0.15, 0.2) is 0 Å². The number of pyridine rings is 1. The van der Waals surface area contributed by atoms with E-state index >= 15 is 0 Å². The maximum atomic E-state index is 13.4. The van der Waals surface area contributed by atoms with Gasteiger partial charge >= 0.3 is 6.18 Å². The lowest BCUT2D eigenvalue weighted by atomic mass is 9.98. The number of sulfonamides is 1. The highest BCUT2D eigenvalue weighted by atomic mass is 35.5. The number of halogens is 4. The van der Waals surface area contributed by atoms with E-state index in [1.165, 1.54) is 29.6 Å². The average molecular weight is 555 g/mol. The van der Waals surface area contributed by atoms with Crippen molar-refractivity contribution in [3.63, 3.8) is 0 Å². The fraction of sp³-hybridized carbons (Fsp3) is 0.250. The summed E-state index contributed by atoms with van der Waals surface area (Å²) >= 11 is 5.79. The molecule has 0 bridgehead atoms. The number of anilines is 1. The van der Waals surface area contributed by atoms with Crippen LogP contribution in [0.4, 0.5) is 19.0 Å². The van der Waals surface area contributed by atoms with Crippen LogP contribution in [0.5, 0.6) is 5.75 Å². The predicted molar refractivity (Wildman–Crippen MR) is 132 cm³/mol. The van der Waals surface area contributed by atoms with Crippen LogP contribution < -0.4 is 15.4 Å². The summed E-state index contributed by atoms with van der Waals surface area (Å²) in [6, 6.07) is 12.6. The largest absolute Gasteiger partial charge is 0.496 e. The molecule has 2 aromatic carbocycles. The summed E-state index contributed by atoms with van der Waals surface area (Å²) in [5, 5.41) is -0.301. The number of alkyl halides is 3. The Morgan fingerprint density at radius 3 is 2.32 bits per heavy atom. The molecular formula is C24H22ClF3N4O4S. The van der Waals surface area contributed by atoms with Crippen LogP contribution in [0.1, 0.15) is 15.9 Å². The lowest BCUT2D eigenvalue weighted by Gasteiger charge is -2.35. The highest BCUT2D eigenvalue weighted by molar-refractivity contribution is 7.89. The van der Waals surface area contributed by atoms with Crippen LogP contribution in [-0.4, -0.2) is 56.9 Å². The second-order valence-electron chi connectivity index (χ2n) is 8.20. The molecule has 2 heterocycles. The molecule has 0 unspecified atom stereocenters. The van der Waals surface area contributed by atoms with Crippen LogP contribution in [0.15, 0.2) is 59.5 Å². The number of benzene rings is 2. The first-order valence-corrected chi connectivity index (χ1v) is 12.8. The molecule has 0 saturated carbocycles. The van der Waals surface area contributed by atoms with Crippen molar-refractivity contribution in [1.82, 2.24) is 9.29 Å². The molecule has 1 fully saturated rings. The molecule has 3 aromatic rings. The van der Waals surface area contributed by atoms with E-state index in [-0.39, 0.29) is 53.4 Å². The molecule has 0 atom stereocenters. The highest BCUT2D eigenvalue weighted by Gasteiger charge is 2.34. The second kappa shape index (κ2) is 10.2. The number of piperazine rings is 1. The molecule has 1 aliphatic rings. The van der Waals surface area contributed by atoms with Crippen molar-refractivity contribution in [2.75, 3.05) is 38.2 Å². The number of nitrogens with zero attached hydrogens (tertiary/aromatic N) is 3. The fourth-order valence-electron chi connectivity index (χ4n) is 4.10. The van der Waals surface area contributed by atoms with Crippen LogP contribution in [0.3, 0.4) is 0 Å². The van der Waals surface area contributed by atoms with Crippen molar-refractivity contribution >= 4 is 33.3 Å². The molecule has 0 aliphatic carbocycles. The molecule has 1 saturated heterocycles. The number of carbonyl (C=O) groups is 1. The Labute approximate surface area is 216 Å². The number of carbonyl (C=O) groups excluding carboxylic acids is 1. The van der Waals surface area contributed by atoms with Crippen LogP contribution in [0.2, 0.25) is 5.15 Å². The van der Waals surface area contributed by atoms with Gasteiger partial charge in [0.05, 0.1) is 17.6 Å². The Bertz CT molecular complexity index is 1440. The number of rotatable bonds is 6. The molecule has 1 aromatic heterocycles. The Balaban J connectivity index is 1.57. The van der Waals surface area contributed by atoms with Crippen molar-refractivity contribution < 1.29 is 31.1 Å². The van der Waals surface area contributed by atoms with E-state index in [2.05, 4.69) is 4.98 Å². The van der Waals surface area contributed by atoms with Gasteiger partial charge in [0.25, 0.3) is 0 Å². The average Bonchev–Trinajstić information content (AvgIpc) is 2.87. The summed E-state index contributed by atoms with van der Waals surface area (Å²) in [4.78, 5) is 17.3. The molecule has 0 spiro atoms. The summed E-state index contributed by atoms with van der Waals surface area (Å²) in [6.07, 6.45) is -4.59. The number of methoxy groups -OCH3 is 1. The zero-order valence-corrected chi connectivity index (χ0v) is 21.1. The molecule has 0 radical (unpaired) electrons. The Morgan fingerprint density at radius 2 is 1.70 bits per heavy atom. The number of hydrogen-bond acceptors (Lipinski definition) is 6. The number of ether oxygens (including phenoxy) is 1. The van der Waals surface area contributed by atoms with E-state index < -0.39 is 27.7 Å². The van der Waals surface area contributed by atoms with E-state index in [0.29, 0.717) is 11.1 Å². The fourth-order valence-corrected chi connectivity index (χ4v) is 5.74. The Morgan fingerprint density at radius 1 is 1.03 bits per heavy atom. The van der Waals surface area contributed by atoms with Gasteiger partial charge in [-0.15, -0.1) is 0 Å². The molecule has 1 amide bonds. The molecular weight excluding hydrogens is 533 g/mol. The van der Waals surface area contributed by atoms with Crippen molar-refractivity contribution in [2.24, 2.45) is 5.73 Å². The second-order valence-corrected chi connectivity index (χ2v) is 10.5. The van der Waals surface area contributed by atoms with Gasteiger partial charge in [0.1, 0.15) is 16.7 Å². The van der Waals surface area contributed by atoms with Gasteiger partial charge in [-0.1, -0.05) is 29.8 Å². The van der Waals surface area contributed by atoms with Gasteiger partial charge in [-0.2, -0.15) is 17.5 Å². The van der Waals surface area contributed by atoms with Crippen LogP contribution in [-0.2, 0) is 16.2 Å². The minimum Gasteiger partial charge on any atom is -0.496 e. The smallest absolute Gasteiger partial charge is 0.416 e. The molecule has 37 heavy (non-hydrogen) atoms. The number of nitrogens with two attached hydrogens (primary N) is 1. The van der Waals surface area contributed by atoms with Gasteiger partial charge in [0, 0.05) is 43.4 Å². The van der Waals surface area contributed by atoms with E-state index in [0.717, 1.165) is 12.1 Å². The molecule has 13 heteroatoms. The third-order valence-electron chi connectivity index (χ3n) is 5.96. The normalized spacial score (nSPS) is 15.0. The summed E-state index contributed by atoms with van der Waals surface area (Å²) in [7, 11) is -2.57. The maximum Gasteiger partial charge on any atom is 0.416 e. The standard InChI is InChI=1S/C24H22ClF3N4O4S/c1-36-20-14-16(6-7-18(20)17-4-2-3-5-19(17)23(29)33)37(34,35)32-10-8-31(9-11-32)22-13-15(24(26,27)28)12-21(25)30-22/h2-7,12-14H,8-11H2,1H3,(H2,29,33). The number of primary amides is 1. The first-order chi connectivity index (χ1) is 17.4. The minimum absolute atomic E-state index is 0.0203. The number of amides is 1. The third-order valence-corrected chi connectivity index (χ3v) is 8.05. The van der Waals surface area contributed by atoms with Gasteiger partial charge in [-0.3, -0.25) is 4.79 Å². The van der Waals surface area contributed by atoms with Crippen LogP contribution in [0.25, 0.3) is 11.1 Å². The topological polar surface area (TPSA) is 106 Å². The quantitative estimate of drug-likeness (QED) is 0.461. The van der Waals surface area contributed by atoms with Crippen molar-refractivity contribution in [3.05, 3.63) is 70.9 Å². The van der Waals surface area contributed by atoms with Crippen LogP contribution >= 0.6 is 11.6 Å². The van der Waals surface area contributed by atoms with Gasteiger partial charge in [-0.05, 0) is 35.9 Å². The van der Waals surface area contributed by atoms with Gasteiger partial charge in [-0.25, -0.2) is 13.4 Å². The summed E-state index contributed by atoms with van der Waals surface area (Å²) in [6.45, 7) is 0.273. The third kappa shape index (κ3) is 5.50. The van der Waals surface area contributed by atoms with Crippen molar-refractivity contribution in [3.8, 4) is 16.9 Å². The molecule has 196 valence electrons. The monoisotopic (exact) mass is 554 g/mol. The zero-order chi connectivity index (χ0) is 27.0. The molecule has 2 N–H and O–H groups in total. The van der Waals surface area contributed by atoms with E-state index in [4.69, 9.17) is 22.1 Å². The molecule has 8 nitrogen and oxygen atoms in total. The van der Waals surface area contributed by atoms with E-state index in [1.807, 2.05) is 0 Å². The first-order valence-electron chi connectivity index (χ1n) is 11.0. The summed E-state index contributed by atoms with van der Waals surface area (Å²) < 4.78 is 72.8. The van der Waals surface area contributed by atoms with E-state index in [9.17, 15) is 26.4 Å². The number of hydrogen-bond donors (Lipinski definition) is 1. The van der Waals surface area contributed by atoms with Gasteiger partial charge in [0.2, 0.25) is 15.9 Å². The van der Waals surface area contributed by atoms with Crippen molar-refractivity contribution in [2.45, 2.75) is 11.1 Å². The lowest BCUT2D eigenvalue weighted by Crippen LogP contribution is -2.49. The maximum absolute atomic E-state index is 13.4. The highest BCUT2D eigenvalue weighted by Crippen LogP contribution is 2.36. The Kier molecular flexibility index (Phi) is 7.36. The lowest BCUT2D eigenvalue weighted by molar-refractivity contribution is -0.137.